The SMILES string of the molecule is O=C(NCCc1cnc[nH]1)c1ccc(Cn2cnnn2)cc1. The van der Waals surface area contributed by atoms with E-state index in [9.17, 15) is 4.79 Å². The number of hydrogen-bond donors (Lipinski definition) is 2. The lowest BCUT2D eigenvalue weighted by Gasteiger charge is -2.05. The number of aromatic nitrogens is 6. The Balaban J connectivity index is 1.52. The smallest absolute Gasteiger partial charge is 0.251 e. The largest absolute Gasteiger partial charge is 0.352 e. The zero-order valence-electron chi connectivity index (χ0n) is 11.8. The molecular weight excluding hydrogens is 282 g/mol. The van der Waals surface area contributed by atoms with Crippen LogP contribution in [-0.4, -0.2) is 42.6 Å². The molecule has 0 atom stereocenters. The number of benzene rings is 1. The van der Waals surface area contributed by atoms with Crippen LogP contribution in [0.4, 0.5) is 0 Å². The molecule has 0 bridgehead atoms. The van der Waals surface area contributed by atoms with E-state index in [-0.39, 0.29) is 5.91 Å². The number of hydrogen-bond acceptors (Lipinski definition) is 5. The first kappa shape index (κ1) is 13.9. The molecule has 0 aliphatic rings. The lowest BCUT2D eigenvalue weighted by molar-refractivity contribution is 0.0954. The summed E-state index contributed by atoms with van der Waals surface area (Å²) in [5.41, 5.74) is 2.66. The van der Waals surface area contributed by atoms with E-state index in [0.29, 0.717) is 18.7 Å². The van der Waals surface area contributed by atoms with Crippen LogP contribution in [0.5, 0.6) is 0 Å². The Kier molecular flexibility index (Phi) is 4.19. The van der Waals surface area contributed by atoms with Gasteiger partial charge in [0.25, 0.3) is 5.91 Å². The van der Waals surface area contributed by atoms with Crippen molar-refractivity contribution in [2.45, 2.75) is 13.0 Å². The van der Waals surface area contributed by atoms with E-state index in [4.69, 9.17) is 0 Å². The van der Waals surface area contributed by atoms with Crippen LogP contribution < -0.4 is 5.32 Å². The fourth-order valence-electron chi connectivity index (χ4n) is 2.04. The van der Waals surface area contributed by atoms with Gasteiger partial charge in [0.1, 0.15) is 6.33 Å². The van der Waals surface area contributed by atoms with Gasteiger partial charge in [-0.2, -0.15) is 0 Å². The van der Waals surface area contributed by atoms with Gasteiger partial charge < -0.3 is 10.3 Å². The van der Waals surface area contributed by atoms with Gasteiger partial charge in [0, 0.05) is 30.4 Å². The van der Waals surface area contributed by atoms with Crippen LogP contribution in [0.2, 0.25) is 0 Å². The van der Waals surface area contributed by atoms with Gasteiger partial charge >= 0.3 is 0 Å². The summed E-state index contributed by atoms with van der Waals surface area (Å²) in [6, 6.07) is 7.38. The van der Waals surface area contributed by atoms with Gasteiger partial charge in [-0.05, 0) is 28.1 Å². The second kappa shape index (κ2) is 6.61. The molecule has 0 saturated carbocycles. The third-order valence-corrected chi connectivity index (χ3v) is 3.19. The lowest BCUT2D eigenvalue weighted by Crippen LogP contribution is -2.25. The minimum Gasteiger partial charge on any atom is -0.352 e. The number of amides is 1. The maximum atomic E-state index is 12.0. The van der Waals surface area contributed by atoms with Crippen molar-refractivity contribution in [2.75, 3.05) is 6.54 Å². The van der Waals surface area contributed by atoms with Crippen molar-refractivity contribution >= 4 is 5.91 Å². The molecule has 8 nitrogen and oxygen atoms in total. The summed E-state index contributed by atoms with van der Waals surface area (Å²) in [6.07, 6.45) is 5.65. The average Bonchev–Trinajstić information content (AvgIpc) is 3.21. The molecule has 0 saturated heterocycles. The second-order valence-corrected chi connectivity index (χ2v) is 4.79. The van der Waals surface area contributed by atoms with E-state index in [2.05, 4.69) is 30.8 Å². The van der Waals surface area contributed by atoms with Gasteiger partial charge in [0.15, 0.2) is 0 Å². The molecule has 8 heteroatoms. The van der Waals surface area contributed by atoms with Gasteiger partial charge in [-0.15, -0.1) is 5.10 Å². The van der Waals surface area contributed by atoms with Crippen LogP contribution in [0.1, 0.15) is 21.6 Å². The predicted molar refractivity (Wildman–Crippen MR) is 78.0 cm³/mol. The molecule has 2 N–H and O–H groups in total. The van der Waals surface area contributed by atoms with Gasteiger partial charge in [0.2, 0.25) is 0 Å². The highest BCUT2D eigenvalue weighted by molar-refractivity contribution is 5.94. The van der Waals surface area contributed by atoms with E-state index in [1.807, 2.05) is 12.1 Å². The summed E-state index contributed by atoms with van der Waals surface area (Å²) in [4.78, 5) is 19.0. The van der Waals surface area contributed by atoms with Gasteiger partial charge in [-0.1, -0.05) is 12.1 Å². The highest BCUT2D eigenvalue weighted by Crippen LogP contribution is 2.06. The molecule has 0 aliphatic heterocycles. The van der Waals surface area contributed by atoms with Crippen molar-refractivity contribution in [3.05, 3.63) is 59.9 Å². The number of H-pyrrole nitrogens is 1. The standard InChI is InChI=1S/C14H15N7O/c22-14(16-6-5-13-7-15-9-17-13)12-3-1-11(2-4-12)8-21-10-18-19-20-21/h1-4,7,9-10H,5-6,8H2,(H,15,17)(H,16,22). The molecule has 2 heterocycles. The number of tetrazole rings is 1. The van der Waals surface area contributed by atoms with Crippen molar-refractivity contribution in [3.8, 4) is 0 Å². The Morgan fingerprint density at radius 1 is 1.27 bits per heavy atom. The second-order valence-electron chi connectivity index (χ2n) is 4.79. The summed E-state index contributed by atoms with van der Waals surface area (Å²) < 4.78 is 1.62. The van der Waals surface area contributed by atoms with Crippen LogP contribution in [0, 0.1) is 0 Å². The average molecular weight is 297 g/mol. The molecule has 0 spiro atoms. The Hall–Kier alpha value is -3.03. The van der Waals surface area contributed by atoms with Crippen LogP contribution in [-0.2, 0) is 13.0 Å². The van der Waals surface area contributed by atoms with E-state index in [0.717, 1.165) is 17.7 Å². The lowest BCUT2D eigenvalue weighted by atomic mass is 10.1. The Morgan fingerprint density at radius 2 is 2.14 bits per heavy atom. The fraction of sp³-hybridized carbons (Fsp3) is 0.214. The number of carbonyl (C=O) groups excluding carboxylic acids is 1. The fourth-order valence-corrected chi connectivity index (χ4v) is 2.04. The molecular formula is C14H15N7O. The minimum absolute atomic E-state index is 0.0894. The minimum atomic E-state index is -0.0894. The van der Waals surface area contributed by atoms with Gasteiger partial charge in [0.05, 0.1) is 12.9 Å². The molecule has 22 heavy (non-hydrogen) atoms. The quantitative estimate of drug-likeness (QED) is 0.686. The molecule has 3 aromatic rings. The molecule has 0 fully saturated rings. The van der Waals surface area contributed by atoms with Crippen molar-refractivity contribution in [1.29, 1.82) is 0 Å². The number of nitrogens with one attached hydrogen (secondary N) is 2. The van der Waals surface area contributed by atoms with Crippen molar-refractivity contribution in [1.82, 2.24) is 35.5 Å². The Bertz CT molecular complexity index is 704. The molecule has 2 aromatic heterocycles. The third kappa shape index (κ3) is 3.54. The molecule has 0 aliphatic carbocycles. The molecule has 0 unspecified atom stereocenters. The number of imidazole rings is 1. The third-order valence-electron chi connectivity index (χ3n) is 3.19. The van der Waals surface area contributed by atoms with Crippen LogP contribution >= 0.6 is 0 Å². The van der Waals surface area contributed by atoms with Crippen LogP contribution in [0.15, 0.2) is 43.1 Å². The summed E-state index contributed by atoms with van der Waals surface area (Å²) in [6.45, 7) is 1.14. The Labute approximate surface area is 126 Å². The zero-order chi connectivity index (χ0) is 15.2. The zero-order valence-corrected chi connectivity index (χ0v) is 11.8. The summed E-state index contributed by atoms with van der Waals surface area (Å²) in [7, 11) is 0. The topological polar surface area (TPSA) is 101 Å². The maximum absolute atomic E-state index is 12.0. The number of rotatable bonds is 6. The highest BCUT2D eigenvalue weighted by atomic mass is 16.1. The molecule has 1 amide bonds. The van der Waals surface area contributed by atoms with Crippen molar-refractivity contribution in [2.24, 2.45) is 0 Å². The highest BCUT2D eigenvalue weighted by Gasteiger charge is 2.05. The van der Waals surface area contributed by atoms with Crippen molar-refractivity contribution in [3.63, 3.8) is 0 Å². The van der Waals surface area contributed by atoms with Gasteiger partial charge in [-0.25, -0.2) is 9.67 Å². The number of carbonyl (C=O) groups is 1. The molecule has 1 aromatic carbocycles. The molecule has 112 valence electrons. The van der Waals surface area contributed by atoms with Crippen LogP contribution in [0.3, 0.4) is 0 Å². The normalized spacial score (nSPS) is 10.5. The van der Waals surface area contributed by atoms with Gasteiger partial charge in [-0.3, -0.25) is 4.79 Å². The molecule has 0 radical (unpaired) electrons. The summed E-state index contributed by atoms with van der Waals surface area (Å²) in [5.74, 6) is -0.0894. The number of nitrogens with zero attached hydrogens (tertiary/aromatic N) is 5. The van der Waals surface area contributed by atoms with Crippen molar-refractivity contribution < 1.29 is 4.79 Å². The van der Waals surface area contributed by atoms with E-state index in [1.54, 1.807) is 35.7 Å². The van der Waals surface area contributed by atoms with Crippen LogP contribution in [0.25, 0.3) is 0 Å². The van der Waals surface area contributed by atoms with E-state index in [1.165, 1.54) is 0 Å². The number of aromatic amines is 1. The summed E-state index contributed by atoms with van der Waals surface area (Å²) in [5, 5.41) is 13.8. The predicted octanol–water partition coefficient (Wildman–Crippen LogP) is 0.417. The first-order valence-electron chi connectivity index (χ1n) is 6.86. The monoisotopic (exact) mass is 297 g/mol. The van der Waals surface area contributed by atoms with E-state index < -0.39 is 0 Å². The Morgan fingerprint density at radius 3 is 2.82 bits per heavy atom. The maximum Gasteiger partial charge on any atom is 0.251 e. The first-order chi connectivity index (χ1) is 10.8. The summed E-state index contributed by atoms with van der Waals surface area (Å²) >= 11 is 0. The van der Waals surface area contributed by atoms with E-state index >= 15 is 0 Å². The molecule has 3 rings (SSSR count). The first-order valence-corrected chi connectivity index (χ1v) is 6.86.